The Morgan fingerprint density at radius 2 is 2.00 bits per heavy atom. The summed E-state index contributed by atoms with van der Waals surface area (Å²) < 4.78 is 11.0. The van der Waals surface area contributed by atoms with Gasteiger partial charge in [-0.2, -0.15) is 0 Å². The monoisotopic (exact) mass is 186 g/mol. The lowest BCUT2D eigenvalue weighted by molar-refractivity contribution is -0.203. The molecule has 0 bridgehead atoms. The molecule has 1 rings (SSSR count). The molecule has 1 aliphatic heterocycles. The van der Waals surface area contributed by atoms with Crippen LogP contribution in [0.4, 0.5) is 0 Å². The molecule has 1 heterocycles. The van der Waals surface area contributed by atoms with Crippen LogP contribution in [0.15, 0.2) is 11.6 Å². The minimum atomic E-state index is -0.264. The highest BCUT2D eigenvalue weighted by Crippen LogP contribution is 2.25. The van der Waals surface area contributed by atoms with E-state index in [4.69, 9.17) is 14.6 Å². The number of ether oxygens (including phenoxy) is 2. The van der Waals surface area contributed by atoms with Gasteiger partial charge in [-0.05, 0) is 12.5 Å². The third-order valence-corrected chi connectivity index (χ3v) is 2.04. The summed E-state index contributed by atoms with van der Waals surface area (Å²) in [6, 6.07) is 0. The van der Waals surface area contributed by atoms with Crippen molar-refractivity contribution in [2.24, 2.45) is 5.41 Å². The summed E-state index contributed by atoms with van der Waals surface area (Å²) in [5, 5.41) is 8.68. The molecule has 0 saturated carbocycles. The molecule has 1 saturated heterocycles. The van der Waals surface area contributed by atoms with Crippen molar-refractivity contribution in [3.8, 4) is 0 Å². The zero-order valence-corrected chi connectivity index (χ0v) is 8.54. The second-order valence-electron chi connectivity index (χ2n) is 4.25. The summed E-state index contributed by atoms with van der Waals surface area (Å²) in [4.78, 5) is 0. The van der Waals surface area contributed by atoms with E-state index in [9.17, 15) is 0 Å². The SMILES string of the molecule is C/C(=C/CO)C1OCC(C)(C)CO1. The summed E-state index contributed by atoms with van der Waals surface area (Å²) in [5.74, 6) is 0. The Balaban J connectivity index is 2.45. The van der Waals surface area contributed by atoms with Crippen molar-refractivity contribution in [1.82, 2.24) is 0 Å². The van der Waals surface area contributed by atoms with Crippen LogP contribution in [0.1, 0.15) is 20.8 Å². The van der Waals surface area contributed by atoms with Crippen LogP contribution in [0.25, 0.3) is 0 Å². The largest absolute Gasteiger partial charge is 0.392 e. The Labute approximate surface area is 79.3 Å². The molecule has 1 fully saturated rings. The Morgan fingerprint density at radius 1 is 1.46 bits per heavy atom. The lowest BCUT2D eigenvalue weighted by Crippen LogP contribution is -2.38. The van der Waals surface area contributed by atoms with Crippen LogP contribution in [-0.4, -0.2) is 31.2 Å². The first-order valence-corrected chi connectivity index (χ1v) is 4.56. The average Bonchev–Trinajstić information content (AvgIpc) is 2.04. The minimum Gasteiger partial charge on any atom is -0.392 e. The Bertz CT molecular complexity index is 186. The first-order valence-electron chi connectivity index (χ1n) is 4.56. The molecule has 1 aliphatic rings. The summed E-state index contributed by atoms with van der Waals surface area (Å²) in [6.45, 7) is 7.56. The van der Waals surface area contributed by atoms with E-state index in [1.54, 1.807) is 6.08 Å². The van der Waals surface area contributed by atoms with E-state index in [0.717, 1.165) is 5.57 Å². The maximum absolute atomic E-state index is 8.68. The summed E-state index contributed by atoms with van der Waals surface area (Å²) in [7, 11) is 0. The van der Waals surface area contributed by atoms with Crippen LogP contribution < -0.4 is 0 Å². The molecule has 0 radical (unpaired) electrons. The van der Waals surface area contributed by atoms with Crippen LogP contribution in [0.5, 0.6) is 0 Å². The van der Waals surface area contributed by atoms with Gasteiger partial charge in [-0.3, -0.25) is 0 Å². The molecular weight excluding hydrogens is 168 g/mol. The lowest BCUT2D eigenvalue weighted by atomic mass is 9.95. The molecule has 1 N–H and O–H groups in total. The lowest BCUT2D eigenvalue weighted by Gasteiger charge is -2.34. The zero-order chi connectivity index (χ0) is 9.90. The fourth-order valence-electron chi connectivity index (χ4n) is 1.20. The predicted octanol–water partition coefficient (Wildman–Crippen LogP) is 1.32. The Kier molecular flexibility index (Phi) is 3.47. The number of hydrogen-bond donors (Lipinski definition) is 1. The molecule has 0 unspecified atom stereocenters. The predicted molar refractivity (Wildman–Crippen MR) is 50.3 cm³/mol. The summed E-state index contributed by atoms with van der Waals surface area (Å²) >= 11 is 0. The molecule has 0 aromatic carbocycles. The van der Waals surface area contributed by atoms with Gasteiger partial charge >= 0.3 is 0 Å². The van der Waals surface area contributed by atoms with Gasteiger partial charge in [0.25, 0.3) is 0 Å². The normalized spacial score (nSPS) is 24.8. The smallest absolute Gasteiger partial charge is 0.179 e. The zero-order valence-electron chi connectivity index (χ0n) is 8.54. The van der Waals surface area contributed by atoms with Crippen molar-refractivity contribution in [3.63, 3.8) is 0 Å². The molecule has 0 aromatic rings. The van der Waals surface area contributed by atoms with Crippen molar-refractivity contribution in [2.75, 3.05) is 19.8 Å². The van der Waals surface area contributed by atoms with Gasteiger partial charge in [0.2, 0.25) is 0 Å². The standard InChI is InChI=1S/C10H18O3/c1-8(4-5-11)9-12-6-10(2,3)7-13-9/h4,9,11H,5-7H2,1-3H3/b8-4-. The molecular formula is C10H18O3. The van der Waals surface area contributed by atoms with Gasteiger partial charge in [-0.1, -0.05) is 19.9 Å². The maximum atomic E-state index is 8.68. The van der Waals surface area contributed by atoms with Crippen LogP contribution >= 0.6 is 0 Å². The number of hydrogen-bond acceptors (Lipinski definition) is 3. The fraction of sp³-hybridized carbons (Fsp3) is 0.800. The van der Waals surface area contributed by atoms with E-state index in [1.807, 2.05) is 6.92 Å². The molecule has 0 aromatic heterocycles. The van der Waals surface area contributed by atoms with Crippen molar-refractivity contribution in [3.05, 3.63) is 11.6 Å². The van der Waals surface area contributed by atoms with Crippen LogP contribution in [0, 0.1) is 5.41 Å². The minimum absolute atomic E-state index is 0.0401. The van der Waals surface area contributed by atoms with E-state index in [1.165, 1.54) is 0 Å². The molecule has 0 aliphatic carbocycles. The van der Waals surface area contributed by atoms with Gasteiger partial charge in [0.1, 0.15) is 0 Å². The quantitative estimate of drug-likeness (QED) is 0.661. The maximum Gasteiger partial charge on any atom is 0.179 e. The number of aliphatic hydroxyl groups is 1. The molecule has 0 spiro atoms. The highest BCUT2D eigenvalue weighted by atomic mass is 16.7. The Hall–Kier alpha value is -0.380. The molecule has 0 amide bonds. The van der Waals surface area contributed by atoms with E-state index in [0.29, 0.717) is 13.2 Å². The highest BCUT2D eigenvalue weighted by molar-refractivity contribution is 5.02. The molecule has 3 nitrogen and oxygen atoms in total. The topological polar surface area (TPSA) is 38.7 Å². The summed E-state index contributed by atoms with van der Waals surface area (Å²) in [5.41, 5.74) is 1.05. The van der Waals surface area contributed by atoms with Gasteiger partial charge in [-0.25, -0.2) is 0 Å². The van der Waals surface area contributed by atoms with Gasteiger partial charge in [0.15, 0.2) is 6.29 Å². The second-order valence-corrected chi connectivity index (χ2v) is 4.25. The first kappa shape index (κ1) is 10.7. The van der Waals surface area contributed by atoms with Crippen LogP contribution in [-0.2, 0) is 9.47 Å². The number of aliphatic hydroxyl groups excluding tert-OH is 1. The van der Waals surface area contributed by atoms with Crippen molar-refractivity contribution in [1.29, 1.82) is 0 Å². The van der Waals surface area contributed by atoms with Gasteiger partial charge < -0.3 is 14.6 Å². The van der Waals surface area contributed by atoms with Crippen molar-refractivity contribution in [2.45, 2.75) is 27.1 Å². The van der Waals surface area contributed by atoms with E-state index in [-0.39, 0.29) is 18.3 Å². The van der Waals surface area contributed by atoms with Gasteiger partial charge in [-0.15, -0.1) is 0 Å². The third kappa shape index (κ3) is 3.10. The molecule has 3 heteroatoms. The third-order valence-electron chi connectivity index (χ3n) is 2.04. The number of rotatable bonds is 2. The Morgan fingerprint density at radius 3 is 2.46 bits per heavy atom. The van der Waals surface area contributed by atoms with Crippen LogP contribution in [0.2, 0.25) is 0 Å². The molecule has 76 valence electrons. The fourth-order valence-corrected chi connectivity index (χ4v) is 1.20. The van der Waals surface area contributed by atoms with Crippen LogP contribution in [0.3, 0.4) is 0 Å². The van der Waals surface area contributed by atoms with Crippen molar-refractivity contribution < 1.29 is 14.6 Å². The van der Waals surface area contributed by atoms with E-state index < -0.39 is 0 Å². The van der Waals surface area contributed by atoms with Crippen molar-refractivity contribution >= 4 is 0 Å². The average molecular weight is 186 g/mol. The first-order chi connectivity index (χ1) is 6.05. The molecule has 0 atom stereocenters. The van der Waals surface area contributed by atoms with E-state index in [2.05, 4.69) is 13.8 Å². The second kappa shape index (κ2) is 4.22. The van der Waals surface area contributed by atoms with E-state index >= 15 is 0 Å². The summed E-state index contributed by atoms with van der Waals surface area (Å²) in [6.07, 6.45) is 1.45. The molecule has 13 heavy (non-hydrogen) atoms. The van der Waals surface area contributed by atoms with Gasteiger partial charge in [0.05, 0.1) is 19.8 Å². The highest BCUT2D eigenvalue weighted by Gasteiger charge is 2.28. The van der Waals surface area contributed by atoms with Gasteiger partial charge in [0, 0.05) is 5.41 Å².